The molecule has 14 heavy (non-hydrogen) atoms. The van der Waals surface area contributed by atoms with Gasteiger partial charge in [-0.1, -0.05) is 17.7 Å². The van der Waals surface area contributed by atoms with E-state index in [9.17, 15) is 0 Å². The number of nitrogens with zero attached hydrogens (tertiary/aromatic N) is 4. The van der Waals surface area contributed by atoms with Gasteiger partial charge in [-0.2, -0.15) is 15.2 Å². The molecule has 0 aliphatic rings. The molecule has 0 spiro atoms. The van der Waals surface area contributed by atoms with Crippen LogP contribution in [-0.4, -0.2) is 15.0 Å². The number of rotatable bonds is 1. The molecule has 68 valence electrons. The van der Waals surface area contributed by atoms with E-state index in [1.165, 1.54) is 16.6 Å². The molecule has 0 fully saturated rings. The molecule has 0 aliphatic carbocycles. The van der Waals surface area contributed by atoms with E-state index in [0.717, 1.165) is 5.69 Å². The zero-order valence-electron chi connectivity index (χ0n) is 7.68. The first kappa shape index (κ1) is 8.45. The van der Waals surface area contributed by atoms with Crippen molar-refractivity contribution in [3.05, 3.63) is 41.7 Å². The first-order chi connectivity index (χ1) is 6.79. The molecule has 4 nitrogen and oxygen atoms in total. The summed E-state index contributed by atoms with van der Waals surface area (Å²) in [6.07, 6.45) is 1.44. The van der Waals surface area contributed by atoms with Crippen LogP contribution in [0.3, 0.4) is 0 Å². The van der Waals surface area contributed by atoms with Crippen molar-refractivity contribution in [3.8, 4) is 11.8 Å². The molecule has 0 N–H and O–H groups in total. The van der Waals surface area contributed by atoms with Gasteiger partial charge in [-0.3, -0.25) is 0 Å². The summed E-state index contributed by atoms with van der Waals surface area (Å²) in [6, 6.07) is 9.71. The van der Waals surface area contributed by atoms with Crippen molar-refractivity contribution in [2.24, 2.45) is 0 Å². The maximum atomic E-state index is 8.58. The van der Waals surface area contributed by atoms with Crippen LogP contribution in [0.1, 0.15) is 11.3 Å². The monoisotopic (exact) mass is 184 g/mol. The number of nitriles is 1. The Hall–Kier alpha value is -2.15. The summed E-state index contributed by atoms with van der Waals surface area (Å²) in [5.41, 5.74) is 2.36. The Kier molecular flexibility index (Phi) is 1.99. The number of hydrogen-bond acceptors (Lipinski definition) is 3. The van der Waals surface area contributed by atoms with Gasteiger partial charge in [0.05, 0.1) is 11.9 Å². The van der Waals surface area contributed by atoms with E-state index in [2.05, 4.69) is 10.2 Å². The fourth-order valence-electron chi connectivity index (χ4n) is 1.12. The highest BCUT2D eigenvalue weighted by Crippen LogP contribution is 2.06. The van der Waals surface area contributed by atoms with Crippen LogP contribution in [0.5, 0.6) is 0 Å². The Balaban J connectivity index is 2.40. The lowest BCUT2D eigenvalue weighted by Gasteiger charge is -1.98. The lowest BCUT2D eigenvalue weighted by atomic mass is 10.2. The van der Waals surface area contributed by atoms with Gasteiger partial charge >= 0.3 is 0 Å². The average Bonchev–Trinajstić information content (AvgIpc) is 2.67. The second kappa shape index (κ2) is 3.30. The van der Waals surface area contributed by atoms with Gasteiger partial charge in [-0.05, 0) is 19.1 Å². The number of hydrogen-bond donors (Lipinski definition) is 0. The zero-order valence-corrected chi connectivity index (χ0v) is 7.68. The Labute approximate surface area is 81.4 Å². The van der Waals surface area contributed by atoms with Gasteiger partial charge < -0.3 is 0 Å². The third-order valence-corrected chi connectivity index (χ3v) is 1.87. The number of aromatic nitrogens is 3. The predicted octanol–water partition coefficient (Wildman–Crippen LogP) is 1.45. The summed E-state index contributed by atoms with van der Waals surface area (Å²) in [7, 11) is 0. The summed E-state index contributed by atoms with van der Waals surface area (Å²) in [5, 5.41) is 16.5. The molecule has 0 saturated carbocycles. The molecular weight excluding hydrogens is 176 g/mol. The van der Waals surface area contributed by atoms with E-state index < -0.39 is 0 Å². The Morgan fingerprint density at radius 1 is 1.29 bits per heavy atom. The van der Waals surface area contributed by atoms with Crippen molar-refractivity contribution in [2.75, 3.05) is 0 Å². The van der Waals surface area contributed by atoms with Crippen LogP contribution in [0, 0.1) is 18.3 Å². The van der Waals surface area contributed by atoms with Gasteiger partial charge in [0.1, 0.15) is 6.07 Å². The second-order valence-corrected chi connectivity index (χ2v) is 2.97. The van der Waals surface area contributed by atoms with Crippen LogP contribution in [0.2, 0.25) is 0 Å². The summed E-state index contributed by atoms with van der Waals surface area (Å²) in [5.74, 6) is 0. The average molecular weight is 184 g/mol. The first-order valence-corrected chi connectivity index (χ1v) is 4.19. The largest absolute Gasteiger partial charge is 0.191 e. The smallest absolute Gasteiger partial charge is 0.183 e. The minimum Gasteiger partial charge on any atom is -0.191 e. The molecule has 2 aromatic rings. The number of benzene rings is 1. The lowest BCUT2D eigenvalue weighted by molar-refractivity contribution is 0.749. The van der Waals surface area contributed by atoms with Crippen LogP contribution in [-0.2, 0) is 0 Å². The van der Waals surface area contributed by atoms with Gasteiger partial charge in [0.25, 0.3) is 0 Å². The van der Waals surface area contributed by atoms with Crippen molar-refractivity contribution in [2.45, 2.75) is 6.92 Å². The van der Waals surface area contributed by atoms with Crippen LogP contribution in [0.4, 0.5) is 0 Å². The summed E-state index contributed by atoms with van der Waals surface area (Å²) < 4.78 is 0. The maximum Gasteiger partial charge on any atom is 0.183 e. The van der Waals surface area contributed by atoms with Crippen molar-refractivity contribution in [1.82, 2.24) is 15.0 Å². The second-order valence-electron chi connectivity index (χ2n) is 2.97. The molecule has 1 heterocycles. The fourth-order valence-corrected chi connectivity index (χ4v) is 1.12. The molecular formula is C10H8N4. The van der Waals surface area contributed by atoms with E-state index in [0.29, 0.717) is 5.69 Å². The zero-order chi connectivity index (χ0) is 9.97. The van der Waals surface area contributed by atoms with Crippen molar-refractivity contribution in [1.29, 1.82) is 5.26 Å². The van der Waals surface area contributed by atoms with E-state index >= 15 is 0 Å². The van der Waals surface area contributed by atoms with E-state index in [-0.39, 0.29) is 0 Å². The minimum atomic E-state index is 0.325. The highest BCUT2D eigenvalue weighted by molar-refractivity contribution is 5.32. The van der Waals surface area contributed by atoms with Crippen LogP contribution in [0.15, 0.2) is 30.5 Å². The van der Waals surface area contributed by atoms with Gasteiger partial charge in [0.2, 0.25) is 0 Å². The molecule has 4 heteroatoms. The molecule has 2 rings (SSSR count). The lowest BCUT2D eigenvalue weighted by Crippen LogP contribution is -1.98. The van der Waals surface area contributed by atoms with Crippen molar-refractivity contribution >= 4 is 0 Å². The van der Waals surface area contributed by atoms with Crippen LogP contribution in [0.25, 0.3) is 5.69 Å². The number of aryl methyl sites for hydroxylation is 1. The minimum absolute atomic E-state index is 0.325. The van der Waals surface area contributed by atoms with Crippen molar-refractivity contribution in [3.63, 3.8) is 0 Å². The molecule has 1 aromatic carbocycles. The quantitative estimate of drug-likeness (QED) is 0.674. The molecule has 0 atom stereocenters. The van der Waals surface area contributed by atoms with Crippen molar-refractivity contribution < 1.29 is 0 Å². The molecule has 1 aromatic heterocycles. The SMILES string of the molecule is Cc1ccc(-n2ncc(C#N)n2)cc1. The highest BCUT2D eigenvalue weighted by atomic mass is 15.5. The van der Waals surface area contributed by atoms with Gasteiger partial charge in [-0.15, -0.1) is 5.10 Å². The van der Waals surface area contributed by atoms with Crippen LogP contribution >= 0.6 is 0 Å². The Morgan fingerprint density at radius 3 is 2.57 bits per heavy atom. The third-order valence-electron chi connectivity index (χ3n) is 1.87. The van der Waals surface area contributed by atoms with Crippen LogP contribution < -0.4 is 0 Å². The predicted molar refractivity (Wildman–Crippen MR) is 50.8 cm³/mol. The fraction of sp³-hybridized carbons (Fsp3) is 0.100. The van der Waals surface area contributed by atoms with Gasteiger partial charge in [-0.25, -0.2) is 0 Å². The molecule has 0 saturated heterocycles. The highest BCUT2D eigenvalue weighted by Gasteiger charge is 2.00. The molecule has 0 unspecified atom stereocenters. The molecule has 0 radical (unpaired) electrons. The van der Waals surface area contributed by atoms with Gasteiger partial charge in [0.15, 0.2) is 5.69 Å². The standard InChI is InChI=1S/C10H8N4/c1-8-2-4-10(5-3-8)14-12-7-9(6-11)13-14/h2-5,7H,1H3. The molecule has 0 amide bonds. The topological polar surface area (TPSA) is 54.5 Å². The molecule has 0 bridgehead atoms. The third kappa shape index (κ3) is 1.48. The summed E-state index contributed by atoms with van der Waals surface area (Å²) in [6.45, 7) is 2.01. The van der Waals surface area contributed by atoms with E-state index in [1.54, 1.807) is 0 Å². The summed E-state index contributed by atoms with van der Waals surface area (Å²) >= 11 is 0. The first-order valence-electron chi connectivity index (χ1n) is 4.19. The van der Waals surface area contributed by atoms with E-state index in [4.69, 9.17) is 5.26 Å². The maximum absolute atomic E-state index is 8.58. The van der Waals surface area contributed by atoms with E-state index in [1.807, 2.05) is 37.3 Å². The molecule has 0 aliphatic heterocycles. The van der Waals surface area contributed by atoms with Gasteiger partial charge in [0, 0.05) is 0 Å². The normalized spacial score (nSPS) is 9.71. The summed E-state index contributed by atoms with van der Waals surface area (Å²) in [4.78, 5) is 1.44. The Bertz CT molecular complexity index is 476. The Morgan fingerprint density at radius 2 is 2.00 bits per heavy atom.